The van der Waals surface area contributed by atoms with Crippen molar-refractivity contribution in [2.75, 3.05) is 0 Å². The Balaban J connectivity index is 2.88. The minimum Gasteiger partial charge on any atom is -0.475 e. The van der Waals surface area contributed by atoms with Crippen LogP contribution in [-0.2, 0) is 0 Å². The summed E-state index contributed by atoms with van der Waals surface area (Å²) in [7, 11) is 0. The number of nitrogens with one attached hydrogen (secondary N) is 1. The van der Waals surface area contributed by atoms with Gasteiger partial charge in [-0.2, -0.15) is 9.50 Å². The second-order valence-electron chi connectivity index (χ2n) is 3.14. The lowest BCUT2D eigenvalue weighted by Gasteiger charge is -1.96. The van der Waals surface area contributed by atoms with Gasteiger partial charge >= 0.3 is 5.97 Å². The van der Waals surface area contributed by atoms with E-state index in [1.807, 2.05) is 0 Å². The van der Waals surface area contributed by atoms with Crippen molar-refractivity contribution < 1.29 is 9.90 Å². The number of aryl methyl sites for hydroxylation is 1. The molecule has 0 bridgehead atoms. The lowest BCUT2D eigenvalue weighted by molar-refractivity contribution is 0.0684. The fraction of sp³-hybridized carbons (Fsp3) is 0.250. The first-order valence-corrected chi connectivity index (χ1v) is 4.20. The number of hydrogen-bond donors (Lipinski definition) is 2. The fourth-order valence-electron chi connectivity index (χ4n) is 1.20. The SMILES string of the molecule is Cc1nc2nc(C(=O)O)[nH]n2c(=O)c1C. The molecule has 2 rings (SSSR count). The summed E-state index contributed by atoms with van der Waals surface area (Å²) in [4.78, 5) is 29.9. The molecular weight excluding hydrogens is 200 g/mol. The topological polar surface area (TPSA) is 100 Å². The minimum atomic E-state index is -1.23. The molecule has 0 spiro atoms. The van der Waals surface area contributed by atoms with Crippen molar-refractivity contribution in [2.45, 2.75) is 13.8 Å². The second kappa shape index (κ2) is 2.91. The minimum absolute atomic E-state index is 0.0699. The summed E-state index contributed by atoms with van der Waals surface area (Å²) in [6.07, 6.45) is 0. The van der Waals surface area contributed by atoms with E-state index in [2.05, 4.69) is 15.1 Å². The molecule has 2 aromatic heterocycles. The second-order valence-corrected chi connectivity index (χ2v) is 3.14. The molecule has 0 fully saturated rings. The van der Waals surface area contributed by atoms with Crippen molar-refractivity contribution in [2.24, 2.45) is 0 Å². The molecule has 2 aromatic rings. The van der Waals surface area contributed by atoms with Crippen molar-refractivity contribution >= 4 is 11.7 Å². The van der Waals surface area contributed by atoms with Crippen molar-refractivity contribution in [1.82, 2.24) is 19.6 Å². The summed E-state index contributed by atoms with van der Waals surface area (Å²) in [6, 6.07) is 0. The summed E-state index contributed by atoms with van der Waals surface area (Å²) < 4.78 is 1.02. The molecule has 15 heavy (non-hydrogen) atoms. The van der Waals surface area contributed by atoms with Gasteiger partial charge in [0, 0.05) is 11.3 Å². The summed E-state index contributed by atoms with van der Waals surface area (Å²) >= 11 is 0. The average Bonchev–Trinajstić information content (AvgIpc) is 2.58. The van der Waals surface area contributed by atoms with E-state index in [-0.39, 0.29) is 17.2 Å². The third kappa shape index (κ3) is 1.28. The molecule has 0 amide bonds. The quantitative estimate of drug-likeness (QED) is 0.672. The van der Waals surface area contributed by atoms with Gasteiger partial charge in [-0.3, -0.25) is 9.89 Å². The van der Waals surface area contributed by atoms with Gasteiger partial charge in [0.2, 0.25) is 5.82 Å². The van der Waals surface area contributed by atoms with E-state index in [1.54, 1.807) is 13.8 Å². The van der Waals surface area contributed by atoms with Gasteiger partial charge in [0.05, 0.1) is 0 Å². The molecule has 0 saturated heterocycles. The zero-order chi connectivity index (χ0) is 11.2. The number of H-pyrrole nitrogens is 1. The number of aromatic carboxylic acids is 1. The highest BCUT2D eigenvalue weighted by Crippen LogP contribution is 2.00. The highest BCUT2D eigenvalue weighted by Gasteiger charge is 2.13. The number of hydrogen-bond acceptors (Lipinski definition) is 4. The van der Waals surface area contributed by atoms with Crippen LogP contribution in [0.25, 0.3) is 5.78 Å². The third-order valence-corrected chi connectivity index (χ3v) is 2.17. The van der Waals surface area contributed by atoms with Crippen LogP contribution in [0.4, 0.5) is 0 Å². The molecule has 0 aliphatic carbocycles. The molecule has 0 radical (unpaired) electrons. The lowest BCUT2D eigenvalue weighted by atomic mass is 10.3. The molecule has 0 aliphatic rings. The van der Waals surface area contributed by atoms with Crippen molar-refractivity contribution in [3.63, 3.8) is 0 Å². The van der Waals surface area contributed by atoms with Gasteiger partial charge in [-0.1, -0.05) is 0 Å². The van der Waals surface area contributed by atoms with Crippen molar-refractivity contribution in [3.8, 4) is 0 Å². The van der Waals surface area contributed by atoms with Gasteiger partial charge in [-0.05, 0) is 13.8 Å². The Labute approximate surface area is 83.4 Å². The highest BCUT2D eigenvalue weighted by molar-refractivity contribution is 5.83. The van der Waals surface area contributed by atoms with Crippen LogP contribution in [0, 0.1) is 13.8 Å². The Morgan fingerprint density at radius 1 is 1.40 bits per heavy atom. The Hall–Kier alpha value is -2.18. The maximum Gasteiger partial charge on any atom is 0.373 e. The zero-order valence-corrected chi connectivity index (χ0v) is 8.11. The van der Waals surface area contributed by atoms with Crippen molar-refractivity contribution in [1.29, 1.82) is 0 Å². The maximum absolute atomic E-state index is 11.6. The number of carboxylic acids is 1. The maximum atomic E-state index is 11.6. The van der Waals surface area contributed by atoms with Crippen LogP contribution in [0.1, 0.15) is 21.9 Å². The lowest BCUT2D eigenvalue weighted by Crippen LogP contribution is -2.19. The molecule has 2 N–H and O–H groups in total. The van der Waals surface area contributed by atoms with Gasteiger partial charge in [0.15, 0.2) is 0 Å². The van der Waals surface area contributed by atoms with Crippen LogP contribution in [0.3, 0.4) is 0 Å². The molecule has 7 heteroatoms. The third-order valence-electron chi connectivity index (χ3n) is 2.17. The molecule has 78 valence electrons. The van der Waals surface area contributed by atoms with E-state index in [4.69, 9.17) is 5.11 Å². The van der Waals surface area contributed by atoms with Gasteiger partial charge in [0.25, 0.3) is 11.3 Å². The molecule has 7 nitrogen and oxygen atoms in total. The first-order valence-electron chi connectivity index (χ1n) is 4.20. The Kier molecular flexibility index (Phi) is 1.82. The number of aromatic nitrogens is 4. The van der Waals surface area contributed by atoms with E-state index in [1.165, 1.54) is 0 Å². The Morgan fingerprint density at radius 2 is 2.07 bits per heavy atom. The molecule has 0 unspecified atom stereocenters. The molecule has 2 heterocycles. The first kappa shape index (κ1) is 9.38. The Morgan fingerprint density at radius 3 is 2.67 bits per heavy atom. The predicted octanol–water partition coefficient (Wildman–Crippen LogP) is -0.267. The monoisotopic (exact) mass is 208 g/mol. The molecular formula is C8H8N4O3. The largest absolute Gasteiger partial charge is 0.475 e. The molecule has 0 aromatic carbocycles. The summed E-state index contributed by atoms with van der Waals surface area (Å²) in [6.45, 7) is 3.30. The van der Waals surface area contributed by atoms with Crippen LogP contribution in [0.5, 0.6) is 0 Å². The van der Waals surface area contributed by atoms with Gasteiger partial charge in [-0.15, -0.1) is 0 Å². The number of carboxylic acid groups (broad SMARTS) is 1. The Bertz CT molecular complexity index is 610. The van der Waals surface area contributed by atoms with Crippen LogP contribution < -0.4 is 5.56 Å². The zero-order valence-electron chi connectivity index (χ0n) is 8.11. The number of rotatable bonds is 1. The first-order chi connectivity index (χ1) is 7.00. The van der Waals surface area contributed by atoms with E-state index >= 15 is 0 Å². The molecule has 0 saturated carbocycles. The van der Waals surface area contributed by atoms with E-state index in [0.29, 0.717) is 11.3 Å². The fourth-order valence-corrected chi connectivity index (χ4v) is 1.20. The summed E-state index contributed by atoms with van der Waals surface area (Å²) in [5, 5.41) is 11.0. The smallest absolute Gasteiger partial charge is 0.373 e. The summed E-state index contributed by atoms with van der Waals surface area (Å²) in [5.74, 6) is -1.46. The standard InChI is InChI=1S/C8H8N4O3/c1-3-4(2)9-8-10-5(7(14)15)11-12(8)6(3)13/h1-2H3,(H,14,15)(H,9,10,11). The average molecular weight is 208 g/mol. The number of fused-ring (bicyclic) bond motifs is 1. The normalized spacial score (nSPS) is 10.8. The van der Waals surface area contributed by atoms with Crippen LogP contribution in [-0.4, -0.2) is 30.7 Å². The summed E-state index contributed by atoms with van der Waals surface area (Å²) in [5.41, 5.74) is 0.675. The van der Waals surface area contributed by atoms with E-state index < -0.39 is 5.97 Å². The predicted molar refractivity (Wildman–Crippen MR) is 50.0 cm³/mol. The van der Waals surface area contributed by atoms with Gasteiger partial charge in [0.1, 0.15) is 0 Å². The van der Waals surface area contributed by atoms with Crippen molar-refractivity contribution in [3.05, 3.63) is 27.4 Å². The van der Waals surface area contributed by atoms with Gasteiger partial charge in [-0.25, -0.2) is 9.78 Å². The van der Waals surface area contributed by atoms with Crippen LogP contribution in [0.15, 0.2) is 4.79 Å². The number of nitrogens with zero attached hydrogens (tertiary/aromatic N) is 3. The molecule has 0 aliphatic heterocycles. The van der Waals surface area contributed by atoms with E-state index in [9.17, 15) is 9.59 Å². The van der Waals surface area contributed by atoms with Crippen LogP contribution in [0.2, 0.25) is 0 Å². The number of carbonyl (C=O) groups is 1. The van der Waals surface area contributed by atoms with Crippen LogP contribution >= 0.6 is 0 Å². The van der Waals surface area contributed by atoms with Gasteiger partial charge < -0.3 is 5.11 Å². The number of aromatic amines is 1. The van der Waals surface area contributed by atoms with E-state index in [0.717, 1.165) is 4.52 Å². The molecule has 0 atom stereocenters. The highest BCUT2D eigenvalue weighted by atomic mass is 16.4.